The van der Waals surface area contributed by atoms with Gasteiger partial charge in [-0.15, -0.1) is 0 Å². The second kappa shape index (κ2) is 9.24. The molecule has 1 atom stereocenters. The standard InChI is InChI=1S/C19H17F5N6O2/c1-3-29(11(2)10-32-17-9-25-16(8-26-17)19(22,23)24)18(31)12-6-13(20)14(21)7-15(12)30-27-4-5-28-30/h4-9,11H,3,10H2,1-2H3/t11-/m0/s1. The summed E-state index contributed by atoms with van der Waals surface area (Å²) >= 11 is 0. The van der Waals surface area contributed by atoms with Crippen LogP contribution in [0.15, 0.2) is 36.9 Å². The van der Waals surface area contributed by atoms with Gasteiger partial charge in [-0.3, -0.25) is 4.79 Å². The number of benzene rings is 1. The molecule has 0 spiro atoms. The van der Waals surface area contributed by atoms with E-state index in [1.54, 1.807) is 13.8 Å². The average molecular weight is 456 g/mol. The topological polar surface area (TPSA) is 86.0 Å². The number of hydrogen-bond acceptors (Lipinski definition) is 6. The molecule has 0 saturated carbocycles. The summed E-state index contributed by atoms with van der Waals surface area (Å²) in [6.45, 7) is 3.31. The van der Waals surface area contributed by atoms with E-state index in [-0.39, 0.29) is 30.3 Å². The smallest absolute Gasteiger partial charge is 0.434 e. The highest BCUT2D eigenvalue weighted by molar-refractivity contribution is 5.98. The van der Waals surface area contributed by atoms with Crippen molar-refractivity contribution < 1.29 is 31.5 Å². The van der Waals surface area contributed by atoms with E-state index in [9.17, 15) is 26.7 Å². The van der Waals surface area contributed by atoms with Crippen LogP contribution in [0.3, 0.4) is 0 Å². The van der Waals surface area contributed by atoms with Gasteiger partial charge in [0.05, 0.1) is 36.4 Å². The van der Waals surface area contributed by atoms with E-state index >= 15 is 0 Å². The Balaban J connectivity index is 1.78. The number of nitrogens with zero attached hydrogens (tertiary/aromatic N) is 6. The summed E-state index contributed by atoms with van der Waals surface area (Å²) in [6, 6.07) is 0.965. The summed E-state index contributed by atoms with van der Waals surface area (Å²) in [5, 5.41) is 7.71. The number of hydrogen-bond donors (Lipinski definition) is 0. The molecule has 0 saturated heterocycles. The zero-order valence-corrected chi connectivity index (χ0v) is 16.8. The largest absolute Gasteiger partial charge is 0.474 e. The molecule has 8 nitrogen and oxygen atoms in total. The Kier molecular flexibility index (Phi) is 6.65. The maximum atomic E-state index is 13.9. The van der Waals surface area contributed by atoms with Crippen LogP contribution in [0.5, 0.6) is 5.88 Å². The molecule has 13 heteroatoms. The first-order valence-electron chi connectivity index (χ1n) is 9.30. The van der Waals surface area contributed by atoms with Crippen LogP contribution in [-0.4, -0.2) is 55.0 Å². The first-order chi connectivity index (χ1) is 15.1. The molecule has 0 aliphatic rings. The van der Waals surface area contributed by atoms with Crippen LogP contribution in [0.25, 0.3) is 5.69 Å². The molecule has 170 valence electrons. The van der Waals surface area contributed by atoms with Crippen molar-refractivity contribution in [1.82, 2.24) is 29.9 Å². The van der Waals surface area contributed by atoms with Gasteiger partial charge in [-0.2, -0.15) is 28.2 Å². The van der Waals surface area contributed by atoms with E-state index in [0.29, 0.717) is 6.20 Å². The molecule has 0 aliphatic carbocycles. The van der Waals surface area contributed by atoms with Crippen molar-refractivity contribution in [3.63, 3.8) is 0 Å². The molecule has 3 rings (SSSR count). The Hall–Kier alpha value is -3.64. The van der Waals surface area contributed by atoms with Crippen LogP contribution in [-0.2, 0) is 6.18 Å². The summed E-state index contributed by atoms with van der Waals surface area (Å²) in [6.07, 6.45) is -0.642. The van der Waals surface area contributed by atoms with Crippen LogP contribution in [0.2, 0.25) is 0 Å². The molecule has 0 bridgehead atoms. The molecular weight excluding hydrogens is 439 g/mol. The molecule has 0 fully saturated rings. The van der Waals surface area contributed by atoms with E-state index in [2.05, 4.69) is 20.2 Å². The molecule has 0 aliphatic heterocycles. The number of halogens is 5. The Labute approximate surface area is 178 Å². The van der Waals surface area contributed by atoms with Gasteiger partial charge in [0.25, 0.3) is 5.91 Å². The quantitative estimate of drug-likeness (QED) is 0.508. The van der Waals surface area contributed by atoms with E-state index < -0.39 is 35.5 Å². The molecule has 0 N–H and O–H groups in total. The molecule has 0 unspecified atom stereocenters. The zero-order valence-electron chi connectivity index (χ0n) is 16.8. The summed E-state index contributed by atoms with van der Waals surface area (Å²) in [5.74, 6) is -3.20. The minimum Gasteiger partial charge on any atom is -0.474 e. The molecule has 0 radical (unpaired) electrons. The summed E-state index contributed by atoms with van der Waals surface area (Å²) in [7, 11) is 0. The molecular formula is C19H17F5N6O2. The van der Waals surface area contributed by atoms with Crippen molar-refractivity contribution in [2.45, 2.75) is 26.1 Å². The number of amides is 1. The summed E-state index contributed by atoms with van der Waals surface area (Å²) < 4.78 is 70.8. The number of aromatic nitrogens is 5. The molecule has 2 heterocycles. The van der Waals surface area contributed by atoms with E-state index in [1.165, 1.54) is 17.3 Å². The van der Waals surface area contributed by atoms with E-state index in [0.717, 1.165) is 23.1 Å². The zero-order chi connectivity index (χ0) is 23.5. The van der Waals surface area contributed by atoms with Gasteiger partial charge in [0, 0.05) is 12.6 Å². The second-order valence-electron chi connectivity index (χ2n) is 6.59. The highest BCUT2D eigenvalue weighted by atomic mass is 19.4. The van der Waals surface area contributed by atoms with Crippen molar-refractivity contribution in [3.8, 4) is 11.6 Å². The SMILES string of the molecule is CCN(C(=O)c1cc(F)c(F)cc1-n1nccn1)[C@@H](C)COc1cnc(C(F)(F)F)cn1. The van der Waals surface area contributed by atoms with Gasteiger partial charge in [-0.25, -0.2) is 18.7 Å². The predicted molar refractivity (Wildman–Crippen MR) is 100.0 cm³/mol. The van der Waals surface area contributed by atoms with Crippen LogP contribution < -0.4 is 4.74 Å². The van der Waals surface area contributed by atoms with Crippen molar-refractivity contribution in [3.05, 3.63) is 59.8 Å². The Morgan fingerprint density at radius 2 is 1.78 bits per heavy atom. The Bertz CT molecular complexity index is 1070. The third-order valence-corrected chi connectivity index (χ3v) is 4.43. The third-order valence-electron chi connectivity index (χ3n) is 4.43. The third kappa shape index (κ3) is 4.98. The minimum absolute atomic E-state index is 0.0564. The second-order valence-corrected chi connectivity index (χ2v) is 6.59. The monoisotopic (exact) mass is 456 g/mol. The van der Waals surface area contributed by atoms with Gasteiger partial charge in [0.2, 0.25) is 5.88 Å². The Morgan fingerprint density at radius 3 is 2.34 bits per heavy atom. The normalized spacial score (nSPS) is 12.5. The molecule has 3 aromatic rings. The highest BCUT2D eigenvalue weighted by Gasteiger charge is 2.33. The van der Waals surface area contributed by atoms with E-state index in [4.69, 9.17) is 4.74 Å². The number of rotatable bonds is 7. The molecule has 1 amide bonds. The minimum atomic E-state index is -4.63. The van der Waals surface area contributed by atoms with Gasteiger partial charge in [0.1, 0.15) is 12.3 Å². The van der Waals surface area contributed by atoms with E-state index in [1.807, 2.05) is 0 Å². The van der Waals surface area contributed by atoms with Crippen LogP contribution in [0, 0.1) is 11.6 Å². The lowest BCUT2D eigenvalue weighted by Gasteiger charge is -2.28. The lowest BCUT2D eigenvalue weighted by Crippen LogP contribution is -2.42. The fraction of sp³-hybridized carbons (Fsp3) is 0.316. The van der Waals surface area contributed by atoms with Crippen molar-refractivity contribution in [1.29, 1.82) is 0 Å². The number of carbonyl (C=O) groups excluding carboxylic acids is 1. The fourth-order valence-corrected chi connectivity index (χ4v) is 2.86. The molecule has 2 aromatic heterocycles. The van der Waals surface area contributed by atoms with Gasteiger partial charge in [0.15, 0.2) is 17.3 Å². The Morgan fingerprint density at radius 1 is 1.12 bits per heavy atom. The summed E-state index contributed by atoms with van der Waals surface area (Å²) in [4.78, 5) is 22.2. The van der Waals surface area contributed by atoms with Crippen LogP contribution in [0.1, 0.15) is 29.9 Å². The van der Waals surface area contributed by atoms with Gasteiger partial charge in [-0.1, -0.05) is 0 Å². The van der Waals surface area contributed by atoms with Gasteiger partial charge < -0.3 is 9.64 Å². The lowest BCUT2D eigenvalue weighted by molar-refractivity contribution is -0.141. The summed E-state index contributed by atoms with van der Waals surface area (Å²) in [5.41, 5.74) is -1.40. The van der Waals surface area contributed by atoms with Crippen LogP contribution in [0.4, 0.5) is 22.0 Å². The van der Waals surface area contributed by atoms with Crippen LogP contribution >= 0.6 is 0 Å². The molecule has 1 aromatic carbocycles. The first kappa shape index (κ1) is 23.0. The maximum absolute atomic E-state index is 13.9. The number of alkyl halides is 3. The number of likely N-dealkylation sites (N-methyl/N-ethyl adjacent to an activating group) is 1. The first-order valence-corrected chi connectivity index (χ1v) is 9.30. The average Bonchev–Trinajstić information content (AvgIpc) is 3.28. The van der Waals surface area contributed by atoms with Crippen molar-refractivity contribution in [2.75, 3.05) is 13.2 Å². The molecule has 32 heavy (non-hydrogen) atoms. The van der Waals surface area contributed by atoms with Gasteiger partial charge in [-0.05, 0) is 19.9 Å². The highest BCUT2D eigenvalue weighted by Crippen LogP contribution is 2.27. The predicted octanol–water partition coefficient (Wildman–Crippen LogP) is 3.28. The van der Waals surface area contributed by atoms with Crippen molar-refractivity contribution in [2.24, 2.45) is 0 Å². The van der Waals surface area contributed by atoms with Crippen molar-refractivity contribution >= 4 is 5.91 Å². The fourth-order valence-electron chi connectivity index (χ4n) is 2.86. The van der Waals surface area contributed by atoms with Gasteiger partial charge >= 0.3 is 6.18 Å². The lowest BCUT2D eigenvalue weighted by atomic mass is 10.1. The number of carbonyl (C=O) groups is 1. The maximum Gasteiger partial charge on any atom is 0.434 e. The number of ether oxygens (including phenoxy) is 1.